The number of nitrogens with zero attached hydrogens (tertiary/aromatic N) is 1. The van der Waals surface area contributed by atoms with Crippen molar-refractivity contribution >= 4 is 58.4 Å². The molecule has 2 aromatic carbocycles. The highest BCUT2D eigenvalue weighted by atomic mass is 35.5. The first-order valence-corrected chi connectivity index (χ1v) is 13.4. The van der Waals surface area contributed by atoms with E-state index in [0.29, 0.717) is 47.4 Å². The quantitative estimate of drug-likeness (QED) is 0.220. The second-order valence-electron chi connectivity index (χ2n) is 7.74. The molecule has 0 unspecified atom stereocenters. The molecule has 1 atom stereocenters. The van der Waals surface area contributed by atoms with Crippen molar-refractivity contribution in [2.45, 2.75) is 63.4 Å². The molecule has 0 aromatic heterocycles. The van der Waals surface area contributed by atoms with Gasteiger partial charge in [0.1, 0.15) is 6.04 Å². The summed E-state index contributed by atoms with van der Waals surface area (Å²) < 4.78 is 0. The number of carbonyl (C=O) groups excluding carboxylic acids is 2. The van der Waals surface area contributed by atoms with E-state index in [1.54, 1.807) is 28.8 Å². The van der Waals surface area contributed by atoms with Crippen molar-refractivity contribution in [1.29, 1.82) is 0 Å². The van der Waals surface area contributed by atoms with Crippen LogP contribution in [-0.4, -0.2) is 35.1 Å². The van der Waals surface area contributed by atoms with Gasteiger partial charge in [0.2, 0.25) is 11.8 Å². The molecule has 2 amide bonds. The highest BCUT2D eigenvalue weighted by molar-refractivity contribution is 7.99. The summed E-state index contributed by atoms with van der Waals surface area (Å²) in [4.78, 5) is 28.9. The van der Waals surface area contributed by atoms with Gasteiger partial charge in [-0.1, -0.05) is 61.1 Å². The maximum atomic E-state index is 13.3. The summed E-state index contributed by atoms with van der Waals surface area (Å²) in [7, 11) is 0. The molecule has 0 spiro atoms. The molecule has 0 radical (unpaired) electrons. The van der Waals surface area contributed by atoms with Gasteiger partial charge in [-0.2, -0.15) is 0 Å². The molecule has 4 nitrogen and oxygen atoms in total. The lowest BCUT2D eigenvalue weighted by atomic mass is 10.1. The van der Waals surface area contributed by atoms with E-state index in [4.69, 9.17) is 34.8 Å². The average Bonchev–Trinajstić information content (AvgIpc) is 2.80. The van der Waals surface area contributed by atoms with Crippen LogP contribution in [0.2, 0.25) is 15.1 Å². The fourth-order valence-corrected chi connectivity index (χ4v) is 4.65. The van der Waals surface area contributed by atoms with Crippen molar-refractivity contribution in [3.8, 4) is 0 Å². The highest BCUT2D eigenvalue weighted by Gasteiger charge is 2.28. The molecule has 0 aliphatic carbocycles. The maximum Gasteiger partial charge on any atom is 0.242 e. The number of hydrogen-bond acceptors (Lipinski definition) is 3. The van der Waals surface area contributed by atoms with Gasteiger partial charge in [0.05, 0.1) is 10.0 Å². The SMILES string of the molecule is CCCCNC(=O)[C@@H](CC)N(Cc1ccc(Cl)c(Cl)c1)C(=O)CCCSc1ccc(Cl)cc1. The van der Waals surface area contributed by atoms with E-state index in [0.717, 1.165) is 29.1 Å². The van der Waals surface area contributed by atoms with Crippen molar-refractivity contribution in [3.05, 3.63) is 63.1 Å². The summed E-state index contributed by atoms with van der Waals surface area (Å²) in [6.45, 7) is 4.92. The van der Waals surface area contributed by atoms with E-state index in [1.165, 1.54) is 0 Å². The summed E-state index contributed by atoms with van der Waals surface area (Å²) in [5, 5.41) is 4.57. The molecule has 0 aliphatic heterocycles. The van der Waals surface area contributed by atoms with Gasteiger partial charge < -0.3 is 10.2 Å². The lowest BCUT2D eigenvalue weighted by molar-refractivity contribution is -0.141. The Bertz CT molecular complexity index is 909. The smallest absolute Gasteiger partial charge is 0.242 e. The summed E-state index contributed by atoms with van der Waals surface area (Å²) in [5.74, 6) is 0.637. The molecular weight excluding hydrogens is 499 g/mol. The van der Waals surface area contributed by atoms with Gasteiger partial charge in [-0.25, -0.2) is 0 Å². The molecule has 8 heteroatoms. The Morgan fingerprint density at radius 1 is 1.00 bits per heavy atom. The van der Waals surface area contributed by atoms with Crippen molar-refractivity contribution in [1.82, 2.24) is 10.2 Å². The van der Waals surface area contributed by atoms with Crippen LogP contribution in [0, 0.1) is 0 Å². The second kappa shape index (κ2) is 14.8. The van der Waals surface area contributed by atoms with E-state index in [1.807, 2.05) is 37.3 Å². The summed E-state index contributed by atoms with van der Waals surface area (Å²) >= 11 is 19.8. The van der Waals surface area contributed by atoms with Gasteiger partial charge in [-0.3, -0.25) is 9.59 Å². The van der Waals surface area contributed by atoms with Crippen LogP contribution in [0.5, 0.6) is 0 Å². The van der Waals surface area contributed by atoms with Gasteiger partial charge in [-0.15, -0.1) is 11.8 Å². The first-order valence-electron chi connectivity index (χ1n) is 11.2. The third-order valence-electron chi connectivity index (χ3n) is 5.17. The van der Waals surface area contributed by atoms with E-state index in [-0.39, 0.29) is 11.8 Å². The lowest BCUT2D eigenvalue weighted by Crippen LogP contribution is -2.49. The fraction of sp³-hybridized carbons (Fsp3) is 0.440. The molecule has 0 aliphatic rings. The lowest BCUT2D eigenvalue weighted by Gasteiger charge is -2.31. The number of benzene rings is 2. The minimum Gasteiger partial charge on any atom is -0.354 e. The number of hydrogen-bond donors (Lipinski definition) is 1. The topological polar surface area (TPSA) is 49.4 Å². The summed E-state index contributed by atoms with van der Waals surface area (Å²) in [6, 6.07) is 12.4. The van der Waals surface area contributed by atoms with Crippen LogP contribution in [0.4, 0.5) is 0 Å². The van der Waals surface area contributed by atoms with E-state index in [9.17, 15) is 9.59 Å². The zero-order valence-corrected chi connectivity index (χ0v) is 22.2. The molecule has 33 heavy (non-hydrogen) atoms. The number of unbranched alkanes of at least 4 members (excludes halogenated alkanes) is 1. The Morgan fingerprint density at radius 3 is 2.36 bits per heavy atom. The zero-order chi connectivity index (χ0) is 24.2. The van der Waals surface area contributed by atoms with Crippen LogP contribution in [0.25, 0.3) is 0 Å². The molecular formula is C25H31Cl3N2O2S. The normalized spacial score (nSPS) is 11.8. The Morgan fingerprint density at radius 2 is 1.73 bits per heavy atom. The molecule has 2 aromatic rings. The van der Waals surface area contributed by atoms with Gasteiger partial charge in [0.15, 0.2) is 0 Å². The Labute approximate surface area is 216 Å². The summed E-state index contributed by atoms with van der Waals surface area (Å²) in [6.07, 6.45) is 3.50. The van der Waals surface area contributed by atoms with Crippen molar-refractivity contribution in [3.63, 3.8) is 0 Å². The standard InChI is InChI=1S/C25H31Cl3N2O2S/c1-3-5-14-29-25(32)23(4-2)30(17-18-8-13-21(27)22(28)16-18)24(31)7-6-15-33-20-11-9-19(26)10-12-20/h8-13,16,23H,3-7,14-15,17H2,1-2H3,(H,29,32)/t23-/m1/s1. The van der Waals surface area contributed by atoms with Crippen LogP contribution < -0.4 is 5.32 Å². The molecule has 0 fully saturated rings. The molecule has 0 bridgehead atoms. The predicted molar refractivity (Wildman–Crippen MR) is 140 cm³/mol. The van der Waals surface area contributed by atoms with Crippen molar-refractivity contribution < 1.29 is 9.59 Å². The third kappa shape index (κ3) is 9.40. The van der Waals surface area contributed by atoms with Gasteiger partial charge in [-0.05, 0) is 67.0 Å². The first kappa shape index (κ1) is 27.8. The predicted octanol–water partition coefficient (Wildman–Crippen LogP) is 7.24. The number of amides is 2. The van der Waals surface area contributed by atoms with E-state index >= 15 is 0 Å². The number of carbonyl (C=O) groups is 2. The molecule has 180 valence electrons. The zero-order valence-electron chi connectivity index (χ0n) is 19.1. The Hall–Kier alpha value is -1.40. The molecule has 0 saturated carbocycles. The van der Waals surface area contributed by atoms with Crippen LogP contribution in [0.15, 0.2) is 47.4 Å². The van der Waals surface area contributed by atoms with Crippen LogP contribution in [-0.2, 0) is 16.1 Å². The summed E-state index contributed by atoms with van der Waals surface area (Å²) in [5.41, 5.74) is 0.841. The van der Waals surface area contributed by atoms with Gasteiger partial charge in [0, 0.05) is 29.4 Å². The number of nitrogens with one attached hydrogen (secondary N) is 1. The van der Waals surface area contributed by atoms with Crippen LogP contribution >= 0.6 is 46.6 Å². The minimum atomic E-state index is -0.535. The maximum absolute atomic E-state index is 13.3. The number of thioether (sulfide) groups is 1. The monoisotopic (exact) mass is 528 g/mol. The third-order valence-corrected chi connectivity index (χ3v) is 7.26. The molecule has 0 saturated heterocycles. The van der Waals surface area contributed by atoms with Crippen molar-refractivity contribution in [2.24, 2.45) is 0 Å². The first-order chi connectivity index (χ1) is 15.8. The average molecular weight is 530 g/mol. The van der Waals surface area contributed by atoms with Crippen LogP contribution in [0.3, 0.4) is 0 Å². The fourth-order valence-electron chi connectivity index (χ4n) is 3.35. The highest BCUT2D eigenvalue weighted by Crippen LogP contribution is 2.25. The molecule has 1 N–H and O–H groups in total. The second-order valence-corrected chi connectivity index (χ2v) is 10.2. The van der Waals surface area contributed by atoms with E-state index in [2.05, 4.69) is 12.2 Å². The minimum absolute atomic E-state index is 0.0460. The number of rotatable bonds is 13. The number of halogens is 3. The van der Waals surface area contributed by atoms with Gasteiger partial charge in [0.25, 0.3) is 0 Å². The van der Waals surface area contributed by atoms with Crippen molar-refractivity contribution in [2.75, 3.05) is 12.3 Å². The van der Waals surface area contributed by atoms with Gasteiger partial charge >= 0.3 is 0 Å². The van der Waals surface area contributed by atoms with Crippen LogP contribution in [0.1, 0.15) is 51.5 Å². The van der Waals surface area contributed by atoms with E-state index < -0.39 is 6.04 Å². The Kier molecular flexibility index (Phi) is 12.5. The molecule has 2 rings (SSSR count). The largest absolute Gasteiger partial charge is 0.354 e. The Balaban J connectivity index is 2.06. The molecule has 0 heterocycles.